The number of aliphatic hydroxyl groups is 1. The number of rotatable bonds is 6. The Labute approximate surface area is 114 Å². The lowest BCUT2D eigenvalue weighted by Gasteiger charge is -2.16. The van der Waals surface area contributed by atoms with Crippen LogP contribution in [0.4, 0.5) is 5.69 Å². The number of anilines is 1. The van der Waals surface area contributed by atoms with Crippen molar-refractivity contribution >= 4 is 16.7 Å². The molecule has 2 heterocycles. The molecule has 0 radical (unpaired) electrons. The number of hydrogen-bond donors (Lipinski definition) is 1. The Morgan fingerprint density at radius 1 is 1.21 bits per heavy atom. The van der Waals surface area contributed by atoms with E-state index < -0.39 is 0 Å². The second-order valence-corrected chi connectivity index (χ2v) is 4.94. The number of fused-ring (bicyclic) bond motifs is 1. The lowest BCUT2D eigenvalue weighted by molar-refractivity contribution is 0.283. The maximum absolute atomic E-state index is 8.79. The average Bonchev–Trinajstić information content (AvgIpc) is 2.42. The molecular weight excluding hydrogens is 238 g/mol. The van der Waals surface area contributed by atoms with Gasteiger partial charge in [0.1, 0.15) is 0 Å². The SMILES string of the molecule is CN(C)c1cc(CCCCCO)nc2ncccc12. The average molecular weight is 259 g/mol. The molecule has 2 aromatic heterocycles. The van der Waals surface area contributed by atoms with Gasteiger partial charge >= 0.3 is 0 Å². The minimum Gasteiger partial charge on any atom is -0.396 e. The molecule has 0 atom stereocenters. The highest BCUT2D eigenvalue weighted by molar-refractivity contribution is 5.89. The van der Waals surface area contributed by atoms with E-state index in [1.165, 1.54) is 0 Å². The molecule has 19 heavy (non-hydrogen) atoms. The highest BCUT2D eigenvalue weighted by atomic mass is 16.2. The quantitative estimate of drug-likeness (QED) is 0.809. The largest absolute Gasteiger partial charge is 0.396 e. The van der Waals surface area contributed by atoms with Gasteiger partial charge in [-0.15, -0.1) is 0 Å². The minimum atomic E-state index is 0.273. The molecule has 0 spiro atoms. The van der Waals surface area contributed by atoms with Crippen LogP contribution in [0.3, 0.4) is 0 Å². The third-order valence-corrected chi connectivity index (χ3v) is 3.19. The second kappa shape index (κ2) is 6.48. The van der Waals surface area contributed by atoms with E-state index in [2.05, 4.69) is 27.0 Å². The maximum Gasteiger partial charge on any atom is 0.161 e. The summed E-state index contributed by atoms with van der Waals surface area (Å²) in [6.45, 7) is 0.273. The van der Waals surface area contributed by atoms with E-state index in [-0.39, 0.29) is 6.61 Å². The van der Waals surface area contributed by atoms with Crippen LogP contribution >= 0.6 is 0 Å². The predicted molar refractivity (Wildman–Crippen MR) is 78.5 cm³/mol. The number of pyridine rings is 2. The van der Waals surface area contributed by atoms with Crippen molar-refractivity contribution in [2.24, 2.45) is 0 Å². The van der Waals surface area contributed by atoms with Crippen LogP contribution in [-0.4, -0.2) is 35.8 Å². The zero-order valence-corrected chi connectivity index (χ0v) is 11.6. The number of nitrogens with zero attached hydrogens (tertiary/aromatic N) is 3. The van der Waals surface area contributed by atoms with Gasteiger partial charge in [0, 0.05) is 43.7 Å². The van der Waals surface area contributed by atoms with Crippen LogP contribution in [0.2, 0.25) is 0 Å². The van der Waals surface area contributed by atoms with E-state index in [1.807, 2.05) is 20.2 Å². The van der Waals surface area contributed by atoms with Gasteiger partial charge in [0.05, 0.1) is 0 Å². The van der Waals surface area contributed by atoms with Crippen LogP contribution in [0.25, 0.3) is 11.0 Å². The molecule has 0 aliphatic heterocycles. The number of unbranched alkanes of at least 4 members (excludes halogenated alkanes) is 2. The molecule has 0 unspecified atom stereocenters. The lowest BCUT2D eigenvalue weighted by Crippen LogP contribution is -2.10. The Morgan fingerprint density at radius 3 is 2.79 bits per heavy atom. The van der Waals surface area contributed by atoms with Gasteiger partial charge in [0.25, 0.3) is 0 Å². The van der Waals surface area contributed by atoms with E-state index in [4.69, 9.17) is 5.11 Å². The highest BCUT2D eigenvalue weighted by Crippen LogP contribution is 2.24. The Morgan fingerprint density at radius 2 is 2.05 bits per heavy atom. The summed E-state index contributed by atoms with van der Waals surface area (Å²) < 4.78 is 0. The summed E-state index contributed by atoms with van der Waals surface area (Å²) in [6.07, 6.45) is 5.68. The predicted octanol–water partition coefficient (Wildman–Crippen LogP) is 2.40. The molecule has 0 saturated heterocycles. The molecule has 0 aliphatic rings. The van der Waals surface area contributed by atoms with E-state index in [9.17, 15) is 0 Å². The van der Waals surface area contributed by atoms with Crippen molar-refractivity contribution in [1.82, 2.24) is 9.97 Å². The van der Waals surface area contributed by atoms with Crippen molar-refractivity contribution in [3.8, 4) is 0 Å². The molecule has 0 fully saturated rings. The van der Waals surface area contributed by atoms with Crippen LogP contribution in [0.5, 0.6) is 0 Å². The molecule has 4 nitrogen and oxygen atoms in total. The Bertz CT molecular complexity index is 540. The summed E-state index contributed by atoms with van der Waals surface area (Å²) in [4.78, 5) is 11.1. The van der Waals surface area contributed by atoms with E-state index >= 15 is 0 Å². The van der Waals surface area contributed by atoms with Gasteiger partial charge in [-0.05, 0) is 37.5 Å². The molecule has 0 aliphatic carbocycles. The normalized spacial score (nSPS) is 10.9. The number of aromatic nitrogens is 2. The van der Waals surface area contributed by atoms with Crippen molar-refractivity contribution < 1.29 is 5.11 Å². The summed E-state index contributed by atoms with van der Waals surface area (Å²) in [5.41, 5.74) is 3.05. The molecule has 0 aromatic carbocycles. The van der Waals surface area contributed by atoms with Crippen molar-refractivity contribution in [3.63, 3.8) is 0 Å². The molecule has 0 bridgehead atoms. The van der Waals surface area contributed by atoms with Crippen LogP contribution in [0, 0.1) is 0 Å². The zero-order valence-electron chi connectivity index (χ0n) is 11.6. The number of hydrogen-bond acceptors (Lipinski definition) is 4. The van der Waals surface area contributed by atoms with Crippen molar-refractivity contribution in [2.75, 3.05) is 25.6 Å². The highest BCUT2D eigenvalue weighted by Gasteiger charge is 2.07. The topological polar surface area (TPSA) is 49.2 Å². The Hall–Kier alpha value is -1.68. The molecule has 102 valence electrons. The summed E-state index contributed by atoms with van der Waals surface area (Å²) in [5, 5.41) is 9.88. The van der Waals surface area contributed by atoms with Gasteiger partial charge in [-0.2, -0.15) is 0 Å². The minimum absolute atomic E-state index is 0.273. The van der Waals surface area contributed by atoms with Crippen molar-refractivity contribution in [3.05, 3.63) is 30.1 Å². The van der Waals surface area contributed by atoms with Crippen LogP contribution in [0.15, 0.2) is 24.4 Å². The molecule has 2 rings (SSSR count). The summed E-state index contributed by atoms with van der Waals surface area (Å²) >= 11 is 0. The molecule has 2 aromatic rings. The van der Waals surface area contributed by atoms with Crippen molar-refractivity contribution in [1.29, 1.82) is 0 Å². The van der Waals surface area contributed by atoms with E-state index in [1.54, 1.807) is 6.20 Å². The van der Waals surface area contributed by atoms with Gasteiger partial charge in [0.2, 0.25) is 0 Å². The molecule has 4 heteroatoms. The van der Waals surface area contributed by atoms with Gasteiger partial charge < -0.3 is 10.0 Å². The van der Waals surface area contributed by atoms with Gasteiger partial charge in [-0.1, -0.05) is 6.42 Å². The fraction of sp³-hybridized carbons (Fsp3) is 0.467. The first-order chi connectivity index (χ1) is 9.22. The van der Waals surface area contributed by atoms with E-state index in [0.29, 0.717) is 0 Å². The summed E-state index contributed by atoms with van der Waals surface area (Å²) in [5.74, 6) is 0. The van der Waals surface area contributed by atoms with Gasteiger partial charge in [-0.3, -0.25) is 0 Å². The summed E-state index contributed by atoms with van der Waals surface area (Å²) in [6, 6.07) is 6.14. The molecule has 0 saturated carbocycles. The van der Waals surface area contributed by atoms with Crippen LogP contribution in [-0.2, 0) is 6.42 Å². The fourth-order valence-corrected chi connectivity index (χ4v) is 2.18. The Kier molecular flexibility index (Phi) is 4.68. The second-order valence-electron chi connectivity index (χ2n) is 4.94. The monoisotopic (exact) mass is 259 g/mol. The van der Waals surface area contributed by atoms with Gasteiger partial charge in [-0.25, -0.2) is 9.97 Å². The zero-order chi connectivity index (χ0) is 13.7. The smallest absolute Gasteiger partial charge is 0.161 e. The molecule has 1 N–H and O–H groups in total. The third-order valence-electron chi connectivity index (χ3n) is 3.19. The van der Waals surface area contributed by atoms with Crippen molar-refractivity contribution in [2.45, 2.75) is 25.7 Å². The fourth-order valence-electron chi connectivity index (χ4n) is 2.18. The number of aliphatic hydroxyl groups excluding tert-OH is 1. The standard InChI is InChI=1S/C15H21N3O/c1-18(2)14-11-12(7-4-3-5-10-19)17-15-13(14)8-6-9-16-15/h6,8-9,11,19H,3-5,7,10H2,1-2H3. The number of aryl methyl sites for hydroxylation is 1. The maximum atomic E-state index is 8.79. The Balaban J connectivity index is 2.25. The van der Waals surface area contributed by atoms with Crippen LogP contribution in [0.1, 0.15) is 25.0 Å². The first kappa shape index (κ1) is 13.7. The lowest BCUT2D eigenvalue weighted by atomic mass is 10.1. The summed E-state index contributed by atoms with van der Waals surface area (Å²) in [7, 11) is 4.08. The van der Waals surface area contributed by atoms with E-state index in [0.717, 1.165) is 48.1 Å². The molecular formula is C15H21N3O. The third kappa shape index (κ3) is 3.41. The molecule has 0 amide bonds. The van der Waals surface area contributed by atoms with Crippen LogP contribution < -0.4 is 4.90 Å². The first-order valence-corrected chi connectivity index (χ1v) is 6.75. The first-order valence-electron chi connectivity index (χ1n) is 6.75. The van der Waals surface area contributed by atoms with Gasteiger partial charge in [0.15, 0.2) is 5.65 Å².